The largest absolute Gasteiger partial charge is 0.499 e. The summed E-state index contributed by atoms with van der Waals surface area (Å²) in [6, 6.07) is 12.9. The molecule has 17 nitrogen and oxygen atoms in total. The van der Waals surface area contributed by atoms with E-state index in [1.165, 1.54) is 30.5 Å². The lowest BCUT2D eigenvalue weighted by molar-refractivity contribution is -0.277. The first-order chi connectivity index (χ1) is 26.1. The maximum atomic E-state index is 14.4. The van der Waals surface area contributed by atoms with Gasteiger partial charge in [0.05, 0.1) is 25.0 Å². The van der Waals surface area contributed by atoms with Gasteiger partial charge in [-0.1, -0.05) is 24.3 Å². The predicted octanol–water partition coefficient (Wildman–Crippen LogP) is -0.340. The van der Waals surface area contributed by atoms with Crippen LogP contribution < -0.4 is 20.1 Å². The van der Waals surface area contributed by atoms with E-state index in [4.69, 9.17) is 24.7 Å². The minimum Gasteiger partial charge on any atom is -0.499 e. The fourth-order valence-corrected chi connectivity index (χ4v) is 7.15. The Balaban J connectivity index is 1.38. The van der Waals surface area contributed by atoms with Gasteiger partial charge in [-0.25, -0.2) is 0 Å². The van der Waals surface area contributed by atoms with Crippen LogP contribution in [0.4, 0.5) is 5.69 Å². The third-order valence-corrected chi connectivity index (χ3v) is 9.73. The van der Waals surface area contributed by atoms with E-state index in [0.717, 1.165) is 0 Å². The van der Waals surface area contributed by atoms with Gasteiger partial charge in [-0.05, 0) is 41.5 Å². The van der Waals surface area contributed by atoms with Crippen LogP contribution in [0.1, 0.15) is 54.5 Å². The Morgan fingerprint density at radius 3 is 2.52 bits per heavy atom. The zero-order chi connectivity index (χ0) is 37.8. The van der Waals surface area contributed by atoms with E-state index in [1.807, 2.05) is 0 Å². The Morgan fingerprint density at radius 2 is 1.72 bits per heavy atom. The summed E-state index contributed by atoms with van der Waals surface area (Å²) >= 11 is 0. The average Bonchev–Trinajstić information content (AvgIpc) is 3.59. The summed E-state index contributed by atoms with van der Waals surface area (Å²) in [5.74, 6) is -3.31. The van der Waals surface area contributed by atoms with Crippen molar-refractivity contribution in [2.75, 3.05) is 31.4 Å². The molecule has 4 heterocycles. The number of amides is 1. The number of carbonyl (C=O) groups is 3. The van der Waals surface area contributed by atoms with E-state index in [9.17, 15) is 39.9 Å². The summed E-state index contributed by atoms with van der Waals surface area (Å²) in [7, 11) is 0. The minimum absolute atomic E-state index is 0.00252. The van der Waals surface area contributed by atoms with Crippen LogP contribution in [0, 0.1) is 0 Å². The van der Waals surface area contributed by atoms with Gasteiger partial charge in [0.15, 0.2) is 34.6 Å². The third kappa shape index (κ3) is 5.74. The van der Waals surface area contributed by atoms with Crippen molar-refractivity contribution in [2.24, 2.45) is 20.7 Å². The molecule has 54 heavy (non-hydrogen) atoms. The summed E-state index contributed by atoms with van der Waals surface area (Å²) in [5.41, 5.74) is 7.29. The van der Waals surface area contributed by atoms with Gasteiger partial charge in [0.1, 0.15) is 44.3 Å². The molecule has 2 bridgehead atoms. The first-order valence-corrected chi connectivity index (χ1v) is 16.9. The van der Waals surface area contributed by atoms with Crippen molar-refractivity contribution in [1.82, 2.24) is 0 Å². The van der Waals surface area contributed by atoms with Crippen molar-refractivity contribution >= 4 is 40.7 Å². The second-order valence-electron chi connectivity index (χ2n) is 12.9. The Labute approximate surface area is 305 Å². The lowest BCUT2D eigenvalue weighted by atomic mass is 9.79. The Kier molecular flexibility index (Phi) is 9.05. The highest BCUT2D eigenvalue weighted by atomic mass is 16.7. The van der Waals surface area contributed by atoms with Crippen molar-refractivity contribution in [1.29, 1.82) is 0 Å². The van der Waals surface area contributed by atoms with Crippen LogP contribution in [0.5, 0.6) is 11.5 Å². The molecule has 5 aliphatic rings. The summed E-state index contributed by atoms with van der Waals surface area (Å²) in [5, 5.41) is 52.4. The number of nitrogens with zero attached hydrogens (tertiary/aromatic N) is 4. The van der Waals surface area contributed by atoms with E-state index in [2.05, 4.69) is 15.0 Å². The first-order valence-electron chi connectivity index (χ1n) is 16.9. The van der Waals surface area contributed by atoms with Gasteiger partial charge in [0.25, 0.3) is 0 Å². The molecule has 0 aromatic heterocycles. The minimum atomic E-state index is -1.82. The zero-order valence-electron chi connectivity index (χ0n) is 28.2. The van der Waals surface area contributed by atoms with Gasteiger partial charge in [0.2, 0.25) is 12.2 Å². The van der Waals surface area contributed by atoms with Gasteiger partial charge in [-0.2, -0.15) is 9.98 Å². The molecule has 8 rings (SSSR count). The van der Waals surface area contributed by atoms with E-state index in [0.29, 0.717) is 16.8 Å². The molecular weight excluding hydrogens is 706 g/mol. The van der Waals surface area contributed by atoms with Gasteiger partial charge < -0.3 is 55.1 Å². The van der Waals surface area contributed by atoms with Gasteiger partial charge in [-0.15, -0.1) is 0 Å². The SMILES string of the molecule is NC1=NC(=O)C2=NCN(c3ccccc3[C@@H]3/C=C\OC[C@@H]4O[C@H](Oc5c3cc3c(c5OCCO)C(=O)c5cc(CO)ccc5C3=O)[C@@H](O)[C@H](O)[C@H]4O)C2=N1. The number of benzene rings is 3. The standard InChI is InChI=1S/C37H33N5O12/c38-37-40-34-26(35(50)41-37)39-15-42(34)23-4-2-1-3-18(23)17-7-9-51-14-24-29(47)30(48)31(49)36(53-24)54-32-21(17)12-22-25(33(32)52-10-8-43)28(46)20-11-16(13-44)5-6-19(20)27(22)45/h1-7,9,11-12,17,24,29-31,36,43-44,47-49H,8,10,13-15H2,(H2,38,41,50)/b9-7-/t17-,24-,29-,30+,31-,36+/m0/s1. The van der Waals surface area contributed by atoms with Crippen LogP contribution >= 0.6 is 0 Å². The highest BCUT2D eigenvalue weighted by Gasteiger charge is 2.47. The van der Waals surface area contributed by atoms with Crippen molar-refractivity contribution < 1.29 is 58.9 Å². The number of aliphatic hydroxyl groups is 5. The maximum absolute atomic E-state index is 14.4. The summed E-state index contributed by atoms with van der Waals surface area (Å²) in [6.45, 7) is -1.57. The van der Waals surface area contributed by atoms with E-state index in [-0.39, 0.29) is 76.7 Å². The second-order valence-corrected chi connectivity index (χ2v) is 12.9. The van der Waals surface area contributed by atoms with Crippen LogP contribution in [0.25, 0.3) is 0 Å². The molecule has 0 unspecified atom stereocenters. The number of ketones is 2. The normalized spacial score (nSPS) is 26.4. The summed E-state index contributed by atoms with van der Waals surface area (Å²) in [6.07, 6.45) is -5.03. The molecule has 1 amide bonds. The van der Waals surface area contributed by atoms with Gasteiger partial charge >= 0.3 is 5.91 Å². The molecule has 0 spiro atoms. The number of hydrogen-bond donors (Lipinski definition) is 6. The number of nitrogens with two attached hydrogens (primary N) is 1. The first kappa shape index (κ1) is 35.2. The predicted molar refractivity (Wildman–Crippen MR) is 188 cm³/mol. The Hall–Kier alpha value is -5.82. The number of fused-ring (bicyclic) bond motifs is 6. The molecule has 4 aliphatic heterocycles. The van der Waals surface area contributed by atoms with Gasteiger partial charge in [-0.3, -0.25) is 19.4 Å². The molecule has 7 N–H and O–H groups in total. The fraction of sp³-hybridized carbons (Fsp3) is 0.297. The summed E-state index contributed by atoms with van der Waals surface area (Å²) in [4.78, 5) is 55.4. The van der Waals surface area contributed by atoms with Crippen LogP contribution in [0.2, 0.25) is 0 Å². The zero-order valence-corrected chi connectivity index (χ0v) is 28.2. The number of aliphatic imine (C=N–C) groups is 3. The molecule has 6 atom stereocenters. The van der Waals surface area contributed by atoms with Crippen LogP contribution in [-0.2, 0) is 20.9 Å². The molecule has 1 aliphatic carbocycles. The summed E-state index contributed by atoms with van der Waals surface area (Å²) < 4.78 is 24.2. The lowest BCUT2D eigenvalue weighted by Gasteiger charge is -2.40. The number of ether oxygens (including phenoxy) is 4. The van der Waals surface area contributed by atoms with Crippen LogP contribution in [0.3, 0.4) is 0 Å². The number of para-hydroxylation sites is 1. The molecule has 0 saturated carbocycles. The molecule has 3 aromatic rings. The number of aliphatic hydroxyl groups excluding tert-OH is 5. The number of amidine groups is 1. The number of hydrogen-bond acceptors (Lipinski definition) is 16. The van der Waals surface area contributed by atoms with Crippen molar-refractivity contribution in [2.45, 2.75) is 43.2 Å². The molecule has 17 heteroatoms. The van der Waals surface area contributed by atoms with E-state index in [1.54, 1.807) is 35.2 Å². The van der Waals surface area contributed by atoms with Crippen molar-refractivity contribution in [3.05, 3.63) is 99.8 Å². The van der Waals surface area contributed by atoms with E-state index >= 15 is 0 Å². The molecule has 1 saturated heterocycles. The molecular formula is C37H33N5O12. The van der Waals surface area contributed by atoms with Crippen LogP contribution in [-0.4, -0.2) is 118 Å². The Bertz CT molecular complexity index is 2220. The smallest absolute Gasteiger partial charge is 0.302 e. The third-order valence-electron chi connectivity index (χ3n) is 9.73. The molecule has 278 valence electrons. The van der Waals surface area contributed by atoms with Gasteiger partial charge in [0, 0.05) is 33.9 Å². The van der Waals surface area contributed by atoms with Crippen molar-refractivity contribution in [3.8, 4) is 11.5 Å². The molecule has 1 fully saturated rings. The number of carbonyl (C=O) groups excluding carboxylic acids is 3. The monoisotopic (exact) mass is 739 g/mol. The lowest BCUT2D eigenvalue weighted by Crippen LogP contribution is -2.60. The molecule has 0 radical (unpaired) electrons. The number of rotatable bonds is 6. The number of allylic oxidation sites excluding steroid dienone is 1. The van der Waals surface area contributed by atoms with Crippen molar-refractivity contribution in [3.63, 3.8) is 0 Å². The highest BCUT2D eigenvalue weighted by Crippen LogP contribution is 2.49. The fourth-order valence-electron chi connectivity index (χ4n) is 7.15. The molecule has 3 aromatic carbocycles. The number of guanidine groups is 1. The maximum Gasteiger partial charge on any atom is 0.302 e. The Morgan fingerprint density at radius 1 is 0.907 bits per heavy atom. The second kappa shape index (κ2) is 13.9. The topological polar surface area (TPSA) is 256 Å². The van der Waals surface area contributed by atoms with Crippen LogP contribution in [0.15, 0.2) is 75.8 Å². The average molecular weight is 740 g/mol. The number of anilines is 1. The highest BCUT2D eigenvalue weighted by molar-refractivity contribution is 6.72. The quantitative estimate of drug-likeness (QED) is 0.148. The van der Waals surface area contributed by atoms with E-state index < -0.39 is 67.3 Å².